The second kappa shape index (κ2) is 4.22. The largest absolute Gasteiger partial charge is 0.467 e. The molecule has 1 N–H and O–H groups in total. The lowest BCUT2D eigenvalue weighted by Gasteiger charge is -2.32. The molecule has 1 aliphatic heterocycles. The van der Waals surface area contributed by atoms with Crippen LogP contribution in [0.1, 0.15) is 12.8 Å². The zero-order valence-electron chi connectivity index (χ0n) is 8.23. The number of methoxy groups -OCH3 is 1. The molecule has 0 fully saturated rings. The second-order valence-electron chi connectivity index (χ2n) is 3.29. The van der Waals surface area contributed by atoms with Crippen LogP contribution in [0, 0.1) is 0 Å². The molecule has 15 heavy (non-hydrogen) atoms. The van der Waals surface area contributed by atoms with Crippen LogP contribution in [-0.4, -0.2) is 31.3 Å². The fraction of sp³-hybridized carbons (Fsp3) is 0.667. The van der Waals surface area contributed by atoms with Crippen molar-refractivity contribution in [3.63, 3.8) is 0 Å². The first kappa shape index (κ1) is 12.0. The maximum Gasteiger partial charge on any atom is 0.417 e. The second-order valence-corrected chi connectivity index (χ2v) is 3.29. The summed E-state index contributed by atoms with van der Waals surface area (Å²) >= 11 is 0. The van der Waals surface area contributed by atoms with Crippen LogP contribution in [0.15, 0.2) is 12.2 Å². The highest BCUT2D eigenvalue weighted by atomic mass is 19.4. The predicted molar refractivity (Wildman–Crippen MR) is 47.2 cm³/mol. The molecule has 6 heteroatoms. The van der Waals surface area contributed by atoms with Gasteiger partial charge in [-0.1, -0.05) is 12.2 Å². The summed E-state index contributed by atoms with van der Waals surface area (Å²) in [6.45, 7) is 0.00854. The number of carbonyl (C=O) groups excluding carboxylic acids is 1. The zero-order chi connectivity index (χ0) is 11.5. The van der Waals surface area contributed by atoms with Crippen LogP contribution >= 0.6 is 0 Å². The van der Waals surface area contributed by atoms with E-state index in [9.17, 15) is 18.0 Å². The summed E-state index contributed by atoms with van der Waals surface area (Å²) in [5.74, 6) is -1.28. The summed E-state index contributed by atoms with van der Waals surface area (Å²) in [6, 6.07) is 0. The van der Waals surface area contributed by atoms with Gasteiger partial charge in [0.2, 0.25) is 5.54 Å². The van der Waals surface area contributed by atoms with Crippen molar-refractivity contribution >= 4 is 5.97 Å². The molecule has 1 rings (SSSR count). The summed E-state index contributed by atoms with van der Waals surface area (Å²) in [7, 11) is 0.954. The number of nitrogens with one attached hydrogen (secondary N) is 1. The van der Waals surface area contributed by atoms with Gasteiger partial charge in [0.25, 0.3) is 0 Å². The Bertz CT molecular complexity index is 263. The van der Waals surface area contributed by atoms with Gasteiger partial charge in [0, 0.05) is 6.54 Å². The molecule has 1 atom stereocenters. The van der Waals surface area contributed by atoms with Crippen LogP contribution in [0.5, 0.6) is 0 Å². The fourth-order valence-corrected chi connectivity index (χ4v) is 1.53. The maximum atomic E-state index is 12.8. The molecule has 1 unspecified atom stereocenters. The fourth-order valence-electron chi connectivity index (χ4n) is 1.53. The van der Waals surface area contributed by atoms with Gasteiger partial charge in [-0.3, -0.25) is 5.32 Å². The van der Waals surface area contributed by atoms with Crippen LogP contribution in [0.25, 0.3) is 0 Å². The third kappa shape index (κ3) is 2.14. The summed E-state index contributed by atoms with van der Waals surface area (Å²) in [5.41, 5.74) is -2.56. The van der Waals surface area contributed by atoms with Gasteiger partial charge in [0.1, 0.15) is 0 Å². The molecule has 3 nitrogen and oxygen atoms in total. The van der Waals surface area contributed by atoms with Crippen molar-refractivity contribution in [2.45, 2.75) is 24.6 Å². The number of carbonyl (C=O) groups is 1. The smallest absolute Gasteiger partial charge is 0.417 e. The van der Waals surface area contributed by atoms with Crippen molar-refractivity contribution in [2.75, 3.05) is 13.7 Å². The Labute approximate surface area is 85.3 Å². The molecular weight excluding hydrogens is 211 g/mol. The average molecular weight is 223 g/mol. The highest BCUT2D eigenvalue weighted by molar-refractivity contribution is 5.82. The molecule has 0 aromatic carbocycles. The number of alkyl halides is 3. The number of esters is 1. The Morgan fingerprint density at radius 2 is 2.13 bits per heavy atom. The molecule has 1 aliphatic rings. The van der Waals surface area contributed by atoms with E-state index in [-0.39, 0.29) is 19.4 Å². The Morgan fingerprint density at radius 1 is 1.47 bits per heavy atom. The monoisotopic (exact) mass is 223 g/mol. The van der Waals surface area contributed by atoms with Crippen molar-refractivity contribution in [3.8, 4) is 0 Å². The van der Waals surface area contributed by atoms with Gasteiger partial charge in [-0.25, -0.2) is 4.79 Å². The molecule has 0 spiro atoms. The van der Waals surface area contributed by atoms with Crippen molar-refractivity contribution in [3.05, 3.63) is 12.2 Å². The van der Waals surface area contributed by atoms with Crippen molar-refractivity contribution < 1.29 is 22.7 Å². The lowest BCUT2D eigenvalue weighted by atomic mass is 9.93. The SMILES string of the molecule is COC(=O)C1(C(F)(F)F)CCC=CCN1. The molecule has 86 valence electrons. The highest BCUT2D eigenvalue weighted by Gasteiger charge is 2.60. The van der Waals surface area contributed by atoms with E-state index in [4.69, 9.17) is 0 Å². The zero-order valence-corrected chi connectivity index (χ0v) is 8.23. The molecular formula is C9H12F3NO2. The molecule has 0 radical (unpaired) electrons. The molecule has 0 aliphatic carbocycles. The quantitative estimate of drug-likeness (QED) is 0.539. The number of hydrogen-bond acceptors (Lipinski definition) is 3. The third-order valence-corrected chi connectivity index (χ3v) is 2.39. The van der Waals surface area contributed by atoms with Gasteiger partial charge < -0.3 is 4.74 Å². The Balaban J connectivity index is 3.01. The van der Waals surface area contributed by atoms with E-state index >= 15 is 0 Å². The minimum Gasteiger partial charge on any atom is -0.467 e. The number of allylic oxidation sites excluding steroid dienone is 1. The summed E-state index contributed by atoms with van der Waals surface area (Å²) in [5, 5.41) is 2.20. The third-order valence-electron chi connectivity index (χ3n) is 2.39. The van der Waals surface area contributed by atoms with E-state index in [1.54, 1.807) is 12.2 Å². The van der Waals surface area contributed by atoms with Crippen LogP contribution in [0.3, 0.4) is 0 Å². The van der Waals surface area contributed by atoms with Gasteiger partial charge in [-0.15, -0.1) is 0 Å². The van der Waals surface area contributed by atoms with E-state index in [2.05, 4.69) is 10.1 Å². The van der Waals surface area contributed by atoms with Gasteiger partial charge in [-0.05, 0) is 12.8 Å². The lowest BCUT2D eigenvalue weighted by Crippen LogP contribution is -2.62. The van der Waals surface area contributed by atoms with E-state index in [1.165, 1.54) is 0 Å². The van der Waals surface area contributed by atoms with Gasteiger partial charge >= 0.3 is 12.1 Å². The molecule has 0 saturated carbocycles. The molecule has 0 saturated heterocycles. The summed E-state index contributed by atoms with van der Waals surface area (Å²) in [6.07, 6.45) is -1.60. The molecule has 1 heterocycles. The molecule has 0 amide bonds. The Morgan fingerprint density at radius 3 is 2.67 bits per heavy atom. The van der Waals surface area contributed by atoms with Crippen molar-refractivity contribution in [2.24, 2.45) is 0 Å². The summed E-state index contributed by atoms with van der Waals surface area (Å²) < 4.78 is 42.7. The van der Waals surface area contributed by atoms with Gasteiger partial charge in [0.05, 0.1) is 7.11 Å². The van der Waals surface area contributed by atoms with Gasteiger partial charge in [-0.2, -0.15) is 13.2 Å². The Kier molecular flexibility index (Phi) is 3.38. The number of rotatable bonds is 1. The van der Waals surface area contributed by atoms with E-state index in [0.717, 1.165) is 7.11 Å². The highest BCUT2D eigenvalue weighted by Crippen LogP contribution is 2.36. The van der Waals surface area contributed by atoms with Gasteiger partial charge in [0.15, 0.2) is 0 Å². The van der Waals surface area contributed by atoms with Crippen LogP contribution < -0.4 is 5.32 Å². The minimum atomic E-state index is -4.65. The van der Waals surface area contributed by atoms with Crippen molar-refractivity contribution in [1.82, 2.24) is 5.32 Å². The van der Waals surface area contributed by atoms with E-state index < -0.39 is 17.7 Å². The number of ether oxygens (including phenoxy) is 1. The first-order valence-electron chi connectivity index (χ1n) is 4.49. The first-order valence-corrected chi connectivity index (χ1v) is 4.49. The van der Waals surface area contributed by atoms with Crippen LogP contribution in [0.2, 0.25) is 0 Å². The van der Waals surface area contributed by atoms with Crippen LogP contribution in [-0.2, 0) is 9.53 Å². The lowest BCUT2D eigenvalue weighted by molar-refractivity contribution is -0.212. The number of halogens is 3. The van der Waals surface area contributed by atoms with E-state index in [0.29, 0.717) is 0 Å². The molecule has 0 aromatic heterocycles. The maximum absolute atomic E-state index is 12.8. The molecule has 0 bridgehead atoms. The Hall–Kier alpha value is -1.04. The number of hydrogen-bond donors (Lipinski definition) is 1. The van der Waals surface area contributed by atoms with E-state index in [1.807, 2.05) is 0 Å². The molecule has 0 aromatic rings. The standard InChI is InChI=1S/C9H12F3NO2/c1-15-7(14)8(9(10,11)12)5-3-2-4-6-13-8/h2,4,13H,3,5-6H2,1H3. The summed E-state index contributed by atoms with van der Waals surface area (Å²) in [4.78, 5) is 11.3. The van der Waals surface area contributed by atoms with Crippen LogP contribution in [0.4, 0.5) is 13.2 Å². The average Bonchev–Trinajstić information content (AvgIpc) is 2.41. The predicted octanol–water partition coefficient (Wildman–Crippen LogP) is 1.40. The normalized spacial score (nSPS) is 27.2. The first-order chi connectivity index (χ1) is 6.94. The minimum absolute atomic E-state index is 0.00854. The van der Waals surface area contributed by atoms with Crippen molar-refractivity contribution in [1.29, 1.82) is 0 Å². The topological polar surface area (TPSA) is 38.3 Å².